The lowest BCUT2D eigenvalue weighted by Crippen LogP contribution is -2.58. The highest BCUT2D eigenvalue weighted by Crippen LogP contribution is 2.11. The molecule has 14 heteroatoms. The molecule has 40 heavy (non-hydrogen) atoms. The fourth-order valence-electron chi connectivity index (χ4n) is 3.35. The Balaban J connectivity index is 3.10. The van der Waals surface area contributed by atoms with Crippen molar-refractivity contribution < 1.29 is 43.3 Å². The van der Waals surface area contributed by atoms with E-state index in [1.165, 1.54) is 0 Å². The number of ether oxygens (including phenoxy) is 2. The molecule has 222 valence electrons. The van der Waals surface area contributed by atoms with Crippen LogP contribution in [0.1, 0.15) is 59.4 Å². The van der Waals surface area contributed by atoms with Gasteiger partial charge in [-0.05, 0) is 38.7 Å². The standard InChI is InChI=1S/C26H39N5O9/c1-15(2)21(24(37)31-27)30-22(35)17(11-12-19(32)33)28-23(36)18(13-20(34)40-26(3,4)5)29-25(38)39-14-16-9-7-6-8-10-16/h6-10,15,17-18,21H,11-14,27H2,1-5H3,(H,28,36)(H,29,38)(H,30,35)(H,31,37)(H,32,33)/t17-,18-,21-/m0/s1. The van der Waals surface area contributed by atoms with E-state index in [0.29, 0.717) is 5.56 Å². The highest BCUT2D eigenvalue weighted by molar-refractivity contribution is 5.95. The van der Waals surface area contributed by atoms with Gasteiger partial charge in [0.2, 0.25) is 11.8 Å². The van der Waals surface area contributed by atoms with Crippen molar-refractivity contribution in [3.05, 3.63) is 35.9 Å². The van der Waals surface area contributed by atoms with Crippen LogP contribution >= 0.6 is 0 Å². The molecule has 0 aliphatic rings. The molecule has 7 N–H and O–H groups in total. The Kier molecular flexibility index (Phi) is 13.6. The number of hydrogen-bond acceptors (Lipinski definition) is 9. The largest absolute Gasteiger partial charge is 0.481 e. The zero-order chi connectivity index (χ0) is 30.5. The highest BCUT2D eigenvalue weighted by atomic mass is 16.6. The second-order valence-corrected chi connectivity index (χ2v) is 10.3. The maximum atomic E-state index is 13.2. The molecule has 1 aromatic carbocycles. The Morgan fingerprint density at radius 3 is 2.02 bits per heavy atom. The van der Waals surface area contributed by atoms with Gasteiger partial charge in [0.1, 0.15) is 30.3 Å². The molecule has 0 aromatic heterocycles. The minimum Gasteiger partial charge on any atom is -0.481 e. The molecular weight excluding hydrogens is 526 g/mol. The van der Waals surface area contributed by atoms with Crippen LogP contribution in [0.15, 0.2) is 30.3 Å². The zero-order valence-corrected chi connectivity index (χ0v) is 23.3. The Morgan fingerprint density at radius 2 is 1.50 bits per heavy atom. The predicted molar refractivity (Wildman–Crippen MR) is 142 cm³/mol. The summed E-state index contributed by atoms with van der Waals surface area (Å²) < 4.78 is 10.4. The topological polar surface area (TPSA) is 215 Å². The van der Waals surface area contributed by atoms with E-state index < -0.39 is 78.2 Å². The average Bonchev–Trinajstić information content (AvgIpc) is 2.86. The second-order valence-electron chi connectivity index (χ2n) is 10.3. The van der Waals surface area contributed by atoms with Crippen LogP contribution < -0.4 is 27.2 Å². The summed E-state index contributed by atoms with van der Waals surface area (Å²) in [7, 11) is 0. The van der Waals surface area contributed by atoms with Gasteiger partial charge in [0, 0.05) is 6.42 Å². The summed E-state index contributed by atoms with van der Waals surface area (Å²) in [5.74, 6) is 0.200. The van der Waals surface area contributed by atoms with Crippen LogP contribution in [0.25, 0.3) is 0 Å². The van der Waals surface area contributed by atoms with Crippen molar-refractivity contribution in [3.63, 3.8) is 0 Å². The molecule has 0 fully saturated rings. The number of carbonyl (C=O) groups excluding carboxylic acids is 5. The van der Waals surface area contributed by atoms with Crippen LogP contribution in [-0.2, 0) is 40.1 Å². The van der Waals surface area contributed by atoms with E-state index in [2.05, 4.69) is 16.0 Å². The molecule has 0 aliphatic carbocycles. The molecule has 0 unspecified atom stereocenters. The van der Waals surface area contributed by atoms with Crippen molar-refractivity contribution in [2.45, 2.75) is 84.2 Å². The number of benzene rings is 1. The molecule has 0 saturated heterocycles. The summed E-state index contributed by atoms with van der Waals surface area (Å²) in [4.78, 5) is 74.4. The number of nitrogens with two attached hydrogens (primary N) is 1. The number of esters is 1. The van der Waals surface area contributed by atoms with Crippen molar-refractivity contribution in [2.75, 3.05) is 0 Å². The fourth-order valence-corrected chi connectivity index (χ4v) is 3.35. The third kappa shape index (κ3) is 13.0. The van der Waals surface area contributed by atoms with Crippen LogP contribution in [0.5, 0.6) is 0 Å². The smallest absolute Gasteiger partial charge is 0.408 e. The van der Waals surface area contributed by atoms with Gasteiger partial charge in [-0.25, -0.2) is 10.6 Å². The van der Waals surface area contributed by atoms with Crippen molar-refractivity contribution in [3.8, 4) is 0 Å². The lowest BCUT2D eigenvalue weighted by Gasteiger charge is -2.26. The van der Waals surface area contributed by atoms with Crippen molar-refractivity contribution in [1.82, 2.24) is 21.4 Å². The van der Waals surface area contributed by atoms with E-state index in [4.69, 9.17) is 20.4 Å². The Morgan fingerprint density at radius 1 is 0.900 bits per heavy atom. The number of aliphatic carboxylic acids is 1. The van der Waals surface area contributed by atoms with E-state index in [1.807, 2.05) is 5.43 Å². The molecular formula is C26H39N5O9. The number of alkyl carbamates (subject to hydrolysis) is 1. The molecule has 0 spiro atoms. The predicted octanol–water partition coefficient (Wildman–Crippen LogP) is 0.494. The first kappa shape index (κ1) is 33.8. The third-order valence-corrected chi connectivity index (χ3v) is 5.28. The number of carboxylic acids is 1. The summed E-state index contributed by atoms with van der Waals surface area (Å²) in [6, 6.07) is 4.68. The Hall–Kier alpha value is -4.20. The summed E-state index contributed by atoms with van der Waals surface area (Å²) in [6.07, 6.45) is -2.48. The number of hydrogen-bond donors (Lipinski definition) is 6. The van der Waals surface area contributed by atoms with Crippen LogP contribution in [-0.4, -0.2) is 64.6 Å². The minimum atomic E-state index is -1.54. The van der Waals surface area contributed by atoms with Gasteiger partial charge in [0.25, 0.3) is 5.91 Å². The zero-order valence-electron chi connectivity index (χ0n) is 23.3. The van der Waals surface area contributed by atoms with Gasteiger partial charge in [-0.2, -0.15) is 0 Å². The molecule has 4 amide bonds. The normalized spacial score (nSPS) is 13.3. The number of hydrazine groups is 1. The lowest BCUT2D eigenvalue weighted by atomic mass is 10.0. The minimum absolute atomic E-state index is 0.114. The molecule has 14 nitrogen and oxygen atoms in total. The number of carbonyl (C=O) groups is 6. The summed E-state index contributed by atoms with van der Waals surface area (Å²) >= 11 is 0. The molecule has 1 aromatic rings. The maximum absolute atomic E-state index is 13.2. The van der Waals surface area contributed by atoms with Crippen LogP contribution in [0.3, 0.4) is 0 Å². The van der Waals surface area contributed by atoms with Crippen molar-refractivity contribution in [2.24, 2.45) is 11.8 Å². The molecule has 0 aliphatic heterocycles. The van der Waals surface area contributed by atoms with E-state index in [9.17, 15) is 28.8 Å². The van der Waals surface area contributed by atoms with E-state index in [-0.39, 0.29) is 13.0 Å². The Labute approximate surface area is 232 Å². The van der Waals surface area contributed by atoms with E-state index in [1.54, 1.807) is 65.0 Å². The van der Waals surface area contributed by atoms with Gasteiger partial charge < -0.3 is 30.5 Å². The fraction of sp³-hybridized carbons (Fsp3) is 0.538. The van der Waals surface area contributed by atoms with Crippen LogP contribution in [0, 0.1) is 5.92 Å². The summed E-state index contributed by atoms with van der Waals surface area (Å²) in [6.45, 7) is 8.04. The second kappa shape index (κ2) is 16.0. The maximum Gasteiger partial charge on any atom is 0.408 e. The van der Waals surface area contributed by atoms with E-state index >= 15 is 0 Å². The van der Waals surface area contributed by atoms with E-state index in [0.717, 1.165) is 0 Å². The van der Waals surface area contributed by atoms with Crippen LogP contribution in [0.2, 0.25) is 0 Å². The third-order valence-electron chi connectivity index (χ3n) is 5.28. The molecule has 3 atom stereocenters. The average molecular weight is 566 g/mol. The number of amides is 4. The van der Waals surface area contributed by atoms with Gasteiger partial charge in [-0.3, -0.25) is 29.4 Å². The van der Waals surface area contributed by atoms with Gasteiger partial charge >= 0.3 is 18.0 Å². The molecule has 1 rings (SSSR count). The lowest BCUT2D eigenvalue weighted by molar-refractivity contribution is -0.156. The highest BCUT2D eigenvalue weighted by Gasteiger charge is 2.33. The summed E-state index contributed by atoms with van der Waals surface area (Å²) in [5, 5.41) is 16.2. The number of rotatable bonds is 14. The van der Waals surface area contributed by atoms with Gasteiger partial charge in [-0.15, -0.1) is 0 Å². The number of nitrogens with one attached hydrogen (secondary N) is 4. The monoisotopic (exact) mass is 565 g/mol. The Bertz CT molecular complexity index is 1040. The molecule has 0 radical (unpaired) electrons. The van der Waals surface area contributed by atoms with Crippen LogP contribution in [0.4, 0.5) is 4.79 Å². The first-order chi connectivity index (χ1) is 18.6. The SMILES string of the molecule is CC(C)[C@H](NC(=O)[C@H](CCC(=O)O)NC(=O)[C@H](CC(=O)OC(C)(C)C)NC(=O)OCc1ccccc1)C(=O)NN. The molecule has 0 bridgehead atoms. The van der Waals surface area contributed by atoms with Gasteiger partial charge in [-0.1, -0.05) is 44.2 Å². The first-order valence-electron chi connectivity index (χ1n) is 12.6. The van der Waals surface area contributed by atoms with Crippen molar-refractivity contribution >= 4 is 35.8 Å². The molecule has 0 heterocycles. The summed E-state index contributed by atoms with van der Waals surface area (Å²) in [5.41, 5.74) is 1.73. The van der Waals surface area contributed by atoms with Crippen molar-refractivity contribution in [1.29, 1.82) is 0 Å². The molecule has 0 saturated carbocycles. The van der Waals surface area contributed by atoms with Gasteiger partial charge in [0.05, 0.1) is 6.42 Å². The first-order valence-corrected chi connectivity index (χ1v) is 12.6. The quantitative estimate of drug-likeness (QED) is 0.0794. The van der Waals surface area contributed by atoms with Gasteiger partial charge in [0.15, 0.2) is 0 Å². The number of carboxylic acid groups (broad SMARTS) is 1.